The Morgan fingerprint density at radius 1 is 0.647 bits per heavy atom. The molecule has 34 heavy (non-hydrogen) atoms. The third-order valence-electron chi connectivity index (χ3n) is 6.75. The molecular formula is C33H31N. The second-order valence-corrected chi connectivity index (χ2v) is 9.11. The highest BCUT2D eigenvalue weighted by molar-refractivity contribution is 5.84. The lowest BCUT2D eigenvalue weighted by Crippen LogP contribution is -2.31. The van der Waals surface area contributed by atoms with Crippen molar-refractivity contribution < 1.29 is 0 Å². The van der Waals surface area contributed by atoms with Crippen LogP contribution in [-0.2, 0) is 6.54 Å². The van der Waals surface area contributed by atoms with Gasteiger partial charge < -0.3 is 5.32 Å². The van der Waals surface area contributed by atoms with E-state index in [-0.39, 0.29) is 0 Å². The Kier molecular flexibility index (Phi) is 6.84. The molecule has 5 rings (SSSR count). The topological polar surface area (TPSA) is 12.0 Å². The van der Waals surface area contributed by atoms with E-state index in [9.17, 15) is 0 Å². The molecular weight excluding hydrogens is 410 g/mol. The van der Waals surface area contributed by atoms with E-state index >= 15 is 0 Å². The van der Waals surface area contributed by atoms with Crippen molar-refractivity contribution in [1.29, 1.82) is 0 Å². The van der Waals surface area contributed by atoms with Gasteiger partial charge in [-0.1, -0.05) is 115 Å². The fourth-order valence-electron chi connectivity index (χ4n) is 4.76. The SMILES string of the molecule is CC(NCc1ccc2ccccc2c1)C(C/C=C/c1ccc2ccccc2c1)c1ccccc1. The molecule has 5 aromatic rings. The van der Waals surface area contributed by atoms with Crippen LogP contribution in [0.5, 0.6) is 0 Å². The quantitative estimate of drug-likeness (QED) is 0.255. The van der Waals surface area contributed by atoms with E-state index in [4.69, 9.17) is 0 Å². The summed E-state index contributed by atoms with van der Waals surface area (Å²) in [6, 6.07) is 41.8. The van der Waals surface area contributed by atoms with Crippen molar-refractivity contribution in [2.24, 2.45) is 0 Å². The summed E-state index contributed by atoms with van der Waals surface area (Å²) in [7, 11) is 0. The lowest BCUT2D eigenvalue weighted by molar-refractivity contribution is 0.460. The van der Waals surface area contributed by atoms with E-state index in [1.165, 1.54) is 38.2 Å². The number of hydrogen-bond donors (Lipinski definition) is 1. The highest BCUT2D eigenvalue weighted by Crippen LogP contribution is 2.26. The van der Waals surface area contributed by atoms with Crippen molar-refractivity contribution in [2.75, 3.05) is 0 Å². The van der Waals surface area contributed by atoms with Gasteiger partial charge in [0.1, 0.15) is 0 Å². The molecule has 5 aromatic carbocycles. The van der Waals surface area contributed by atoms with E-state index in [0.29, 0.717) is 12.0 Å². The molecule has 0 saturated carbocycles. The van der Waals surface area contributed by atoms with Crippen LogP contribution in [0.4, 0.5) is 0 Å². The van der Waals surface area contributed by atoms with Crippen LogP contribution >= 0.6 is 0 Å². The summed E-state index contributed by atoms with van der Waals surface area (Å²) in [5.41, 5.74) is 3.95. The maximum atomic E-state index is 3.80. The number of fused-ring (bicyclic) bond motifs is 2. The van der Waals surface area contributed by atoms with Crippen molar-refractivity contribution in [3.05, 3.63) is 138 Å². The van der Waals surface area contributed by atoms with Gasteiger partial charge in [-0.05, 0) is 63.7 Å². The van der Waals surface area contributed by atoms with Gasteiger partial charge in [-0.3, -0.25) is 0 Å². The van der Waals surface area contributed by atoms with Gasteiger partial charge in [-0.25, -0.2) is 0 Å². The molecule has 0 fully saturated rings. The lowest BCUT2D eigenvalue weighted by atomic mass is 9.89. The third-order valence-corrected chi connectivity index (χ3v) is 6.75. The average molecular weight is 442 g/mol. The minimum Gasteiger partial charge on any atom is -0.310 e. The summed E-state index contributed by atoms with van der Waals surface area (Å²) in [5, 5.41) is 8.96. The maximum absolute atomic E-state index is 3.80. The average Bonchev–Trinajstić information content (AvgIpc) is 2.90. The van der Waals surface area contributed by atoms with Gasteiger partial charge in [0, 0.05) is 18.5 Å². The molecule has 0 aliphatic heterocycles. The highest BCUT2D eigenvalue weighted by Gasteiger charge is 2.17. The minimum absolute atomic E-state index is 0.343. The minimum atomic E-state index is 0.343. The van der Waals surface area contributed by atoms with E-state index in [2.05, 4.69) is 140 Å². The third kappa shape index (κ3) is 5.27. The Bertz CT molecular complexity index is 1400. The Balaban J connectivity index is 1.30. The van der Waals surface area contributed by atoms with Gasteiger partial charge >= 0.3 is 0 Å². The van der Waals surface area contributed by atoms with Crippen molar-refractivity contribution in [3.63, 3.8) is 0 Å². The summed E-state index contributed by atoms with van der Waals surface area (Å²) in [5.74, 6) is 0.401. The molecule has 0 spiro atoms. The van der Waals surface area contributed by atoms with Gasteiger partial charge in [0.15, 0.2) is 0 Å². The van der Waals surface area contributed by atoms with Crippen LogP contribution in [0, 0.1) is 0 Å². The van der Waals surface area contributed by atoms with Gasteiger partial charge in [0.2, 0.25) is 0 Å². The molecule has 1 heteroatoms. The van der Waals surface area contributed by atoms with Gasteiger partial charge in [-0.2, -0.15) is 0 Å². The number of nitrogens with one attached hydrogen (secondary N) is 1. The summed E-state index contributed by atoms with van der Waals surface area (Å²) >= 11 is 0. The van der Waals surface area contributed by atoms with Crippen LogP contribution in [0.2, 0.25) is 0 Å². The number of rotatable bonds is 8. The monoisotopic (exact) mass is 441 g/mol. The first-order chi connectivity index (χ1) is 16.8. The highest BCUT2D eigenvalue weighted by atomic mass is 14.9. The summed E-state index contributed by atoms with van der Waals surface area (Å²) < 4.78 is 0. The molecule has 2 atom stereocenters. The number of benzene rings is 5. The zero-order valence-corrected chi connectivity index (χ0v) is 19.7. The molecule has 0 aliphatic rings. The Hall–Kier alpha value is -3.68. The summed E-state index contributed by atoms with van der Waals surface area (Å²) in [6.45, 7) is 3.17. The summed E-state index contributed by atoms with van der Waals surface area (Å²) in [6.07, 6.45) is 5.58. The second-order valence-electron chi connectivity index (χ2n) is 9.11. The molecule has 0 aliphatic carbocycles. The maximum Gasteiger partial charge on any atom is 0.0208 e. The molecule has 0 aromatic heterocycles. The van der Waals surface area contributed by atoms with Crippen LogP contribution in [0.3, 0.4) is 0 Å². The Morgan fingerprint density at radius 2 is 1.26 bits per heavy atom. The van der Waals surface area contributed by atoms with E-state index < -0.39 is 0 Å². The van der Waals surface area contributed by atoms with Crippen molar-refractivity contribution >= 4 is 27.6 Å². The van der Waals surface area contributed by atoms with Crippen molar-refractivity contribution in [2.45, 2.75) is 31.8 Å². The predicted octanol–water partition coefficient (Wildman–Crippen LogP) is 8.36. The molecule has 1 N–H and O–H groups in total. The van der Waals surface area contributed by atoms with Gasteiger partial charge in [0.05, 0.1) is 0 Å². The molecule has 0 heterocycles. The predicted molar refractivity (Wildman–Crippen MR) is 147 cm³/mol. The largest absolute Gasteiger partial charge is 0.310 e. The Labute approximate surface area is 202 Å². The first kappa shape index (κ1) is 22.1. The van der Waals surface area contributed by atoms with Crippen molar-refractivity contribution in [1.82, 2.24) is 5.32 Å². The first-order valence-corrected chi connectivity index (χ1v) is 12.2. The van der Waals surface area contributed by atoms with E-state index in [1.807, 2.05) is 0 Å². The normalized spacial score (nSPS) is 13.4. The van der Waals surface area contributed by atoms with Gasteiger partial charge in [-0.15, -0.1) is 0 Å². The van der Waals surface area contributed by atoms with Crippen LogP contribution in [0.15, 0.2) is 121 Å². The van der Waals surface area contributed by atoms with Crippen LogP contribution in [-0.4, -0.2) is 6.04 Å². The molecule has 2 unspecified atom stereocenters. The number of allylic oxidation sites excluding steroid dienone is 1. The van der Waals surface area contributed by atoms with Gasteiger partial charge in [0.25, 0.3) is 0 Å². The van der Waals surface area contributed by atoms with E-state index in [0.717, 1.165) is 13.0 Å². The molecule has 168 valence electrons. The van der Waals surface area contributed by atoms with Crippen LogP contribution in [0.25, 0.3) is 27.6 Å². The molecule has 1 nitrogen and oxygen atoms in total. The van der Waals surface area contributed by atoms with Crippen LogP contribution < -0.4 is 5.32 Å². The van der Waals surface area contributed by atoms with E-state index in [1.54, 1.807) is 0 Å². The fourth-order valence-corrected chi connectivity index (χ4v) is 4.76. The lowest BCUT2D eigenvalue weighted by Gasteiger charge is -2.25. The smallest absolute Gasteiger partial charge is 0.0208 e. The van der Waals surface area contributed by atoms with Crippen LogP contribution in [0.1, 0.15) is 36.0 Å². The fraction of sp³-hybridized carbons (Fsp3) is 0.152. The summed E-state index contributed by atoms with van der Waals surface area (Å²) in [4.78, 5) is 0. The molecule has 0 amide bonds. The van der Waals surface area contributed by atoms with Crippen molar-refractivity contribution in [3.8, 4) is 0 Å². The molecule has 0 bridgehead atoms. The molecule has 0 saturated heterocycles. The Morgan fingerprint density at radius 3 is 2.00 bits per heavy atom. The first-order valence-electron chi connectivity index (χ1n) is 12.2. The zero-order chi connectivity index (χ0) is 23.2. The zero-order valence-electron chi connectivity index (χ0n) is 19.7. The standard InChI is InChI=1S/C33H31N/c1-25(34-24-27-19-21-29-12-6-8-16-32(29)23-27)33(30-13-3-2-4-14-30)17-9-10-26-18-20-28-11-5-7-15-31(28)22-26/h2-16,18-23,25,33-34H,17,24H2,1H3/b10-9+. The molecule has 0 radical (unpaired) electrons. The second kappa shape index (κ2) is 10.5. The number of hydrogen-bond acceptors (Lipinski definition) is 1.